The van der Waals surface area contributed by atoms with Gasteiger partial charge in [0.2, 0.25) is 35.4 Å². The number of amides is 8. The van der Waals surface area contributed by atoms with Crippen LogP contribution in [0.1, 0.15) is 109 Å². The quantitative estimate of drug-likeness (QED) is 0.0140. The third-order valence-electron chi connectivity index (χ3n) is 18.5. The predicted molar refractivity (Wildman–Crippen MR) is 373 cm³/mol. The van der Waals surface area contributed by atoms with E-state index in [0.717, 1.165) is 40.5 Å². The van der Waals surface area contributed by atoms with E-state index in [0.29, 0.717) is 197 Å². The van der Waals surface area contributed by atoms with Crippen molar-refractivity contribution in [2.75, 3.05) is 158 Å². The van der Waals surface area contributed by atoms with E-state index < -0.39 is 61.1 Å². The average molecular weight is 1450 g/mol. The summed E-state index contributed by atoms with van der Waals surface area (Å²) >= 11 is 0. The monoisotopic (exact) mass is 1450 g/mol. The third-order valence-corrected chi connectivity index (χ3v) is 18.5. The van der Waals surface area contributed by atoms with Crippen LogP contribution in [0.15, 0.2) is 59.4 Å². The lowest BCUT2D eigenvalue weighted by Gasteiger charge is -2.41. The molecule has 1 fully saturated rings. The Balaban J connectivity index is 0.554. The molecule has 2 aromatic heterocycles. The molecule has 3 atom stereocenters. The number of aromatic nitrogens is 2. The molecule has 9 rings (SSSR count). The van der Waals surface area contributed by atoms with E-state index in [4.69, 9.17) is 52.4 Å². The summed E-state index contributed by atoms with van der Waals surface area (Å²) in [4.78, 5) is 135. The van der Waals surface area contributed by atoms with E-state index in [1.165, 1.54) is 23.1 Å². The highest BCUT2D eigenvalue weighted by Crippen LogP contribution is 2.48. The van der Waals surface area contributed by atoms with Gasteiger partial charge in [-0.3, -0.25) is 57.7 Å². The van der Waals surface area contributed by atoms with Crippen molar-refractivity contribution in [1.82, 2.24) is 51.3 Å². The number of nitrogens with zero attached hydrogens (tertiary/aromatic N) is 4. The molecule has 0 bridgehead atoms. The number of cyclic esters (lactones) is 1. The maximum Gasteiger partial charge on any atom is 0.313 e. The Hall–Kier alpha value is -8.50. The number of fused-ring (bicyclic) bond motifs is 5. The number of esters is 1. The van der Waals surface area contributed by atoms with Crippen LogP contribution in [0.5, 0.6) is 0 Å². The second-order valence-electron chi connectivity index (χ2n) is 25.6. The van der Waals surface area contributed by atoms with E-state index in [9.17, 15) is 47.9 Å². The number of carbonyl (C=O) groups excluding carboxylic acids is 9. The number of hydrogen-bond donors (Lipinski definition) is 6. The van der Waals surface area contributed by atoms with Crippen molar-refractivity contribution in [3.05, 3.63) is 110 Å². The Morgan fingerprint density at radius 1 is 0.644 bits per heavy atom. The van der Waals surface area contributed by atoms with Crippen LogP contribution < -0.4 is 37.5 Å². The molecule has 0 saturated carbocycles. The molecule has 8 amide bonds. The van der Waals surface area contributed by atoms with Crippen LogP contribution in [0, 0.1) is 12.7 Å². The number of hydrogen-bond acceptors (Lipinski definition) is 22. The molecular weight excluding hydrogens is 1360 g/mol. The van der Waals surface area contributed by atoms with Crippen molar-refractivity contribution >= 4 is 64.1 Å². The number of aryl methyl sites for hydroxylation is 1. The first-order valence-corrected chi connectivity index (χ1v) is 35.8. The van der Waals surface area contributed by atoms with Crippen molar-refractivity contribution in [1.29, 1.82) is 0 Å². The lowest BCUT2D eigenvalue weighted by molar-refractivity contribution is -0.148. The number of pyridine rings is 2. The summed E-state index contributed by atoms with van der Waals surface area (Å²) in [7, 11) is 0. The van der Waals surface area contributed by atoms with Crippen LogP contribution in [0.3, 0.4) is 0 Å². The molecule has 0 radical (unpaired) electrons. The highest BCUT2D eigenvalue weighted by atomic mass is 19.1. The number of rotatable bonds is 47. The number of piperidine rings is 1. The van der Waals surface area contributed by atoms with Crippen molar-refractivity contribution in [3.63, 3.8) is 0 Å². The maximum atomic E-state index is 15.5. The second-order valence-corrected chi connectivity index (χ2v) is 25.6. The van der Waals surface area contributed by atoms with Crippen molar-refractivity contribution in [2.24, 2.45) is 0 Å². The van der Waals surface area contributed by atoms with Gasteiger partial charge in [-0.05, 0) is 85.8 Å². The summed E-state index contributed by atoms with van der Waals surface area (Å²) < 4.78 is 72.6. The molecule has 2 aromatic carbocycles. The number of nitrogens with one attached hydrogen (secondary N) is 6. The zero-order valence-corrected chi connectivity index (χ0v) is 59.3. The van der Waals surface area contributed by atoms with Crippen LogP contribution in [0.4, 0.5) is 4.39 Å². The first-order chi connectivity index (χ1) is 50.6. The Morgan fingerprint density at radius 2 is 1.24 bits per heavy atom. The van der Waals surface area contributed by atoms with Gasteiger partial charge >= 0.3 is 5.97 Å². The van der Waals surface area contributed by atoms with Crippen LogP contribution >= 0.6 is 0 Å². The van der Waals surface area contributed by atoms with Crippen LogP contribution in [-0.4, -0.2) is 243 Å². The van der Waals surface area contributed by atoms with Crippen LogP contribution in [0.25, 0.3) is 22.3 Å². The zero-order valence-electron chi connectivity index (χ0n) is 59.3. The Bertz CT molecular complexity index is 3680. The third kappa shape index (κ3) is 23.5. The standard InChI is InChI=1S/C73H97FN10O20/c1-3-51-53-39-60-70-54(44-84(60)72(93)55(53)45-103-73(51)94)69-59(14-13-52-48(2)56(74)40-57(81-70)68(52)69)82-21-17-50(18-22-82)104-47-79-63(87)42-78-71(92)58(38-49-10-6-4-7-11-49)80-64(88)43-76-62(86)41-77-65(89)46-102-37-36-101-35-34-100-33-32-99-31-30-98-29-28-97-27-26-96-25-24-95-23-19-75-61(85)12-8-5-9-20-83-66(90)15-16-67(83)91/h4,6-7,10-11,15-16,39-40,50-51,58-59H,3,5,8-9,12-14,17-38,41-47H2,1-2H3,(H,75,85)(H,76,86)(H,77,89)(H,78,92)(H,79,87)(H,80,88)/t51-,58+,59+/m1/s1. The fourth-order valence-electron chi connectivity index (χ4n) is 13.1. The van der Waals surface area contributed by atoms with Gasteiger partial charge in [-0.15, -0.1) is 0 Å². The van der Waals surface area contributed by atoms with Gasteiger partial charge in [-0.2, -0.15) is 0 Å². The summed E-state index contributed by atoms with van der Waals surface area (Å²) in [5.41, 5.74) is 6.95. The minimum Gasteiger partial charge on any atom is -0.460 e. The van der Waals surface area contributed by atoms with Gasteiger partial charge in [-0.1, -0.05) is 43.7 Å². The van der Waals surface area contributed by atoms with Crippen molar-refractivity contribution in [2.45, 2.75) is 115 Å². The molecule has 30 nitrogen and oxygen atoms in total. The molecule has 6 heterocycles. The summed E-state index contributed by atoms with van der Waals surface area (Å²) in [6.45, 7) is 9.42. The minimum absolute atomic E-state index is 0.0472. The lowest BCUT2D eigenvalue weighted by atomic mass is 9.80. The maximum absolute atomic E-state index is 15.5. The van der Waals surface area contributed by atoms with E-state index in [-0.39, 0.29) is 86.8 Å². The number of halogens is 1. The molecule has 1 saturated heterocycles. The molecule has 4 aromatic rings. The zero-order chi connectivity index (χ0) is 73.6. The van der Waals surface area contributed by atoms with E-state index >= 15 is 4.39 Å². The highest BCUT2D eigenvalue weighted by molar-refractivity contribution is 6.12. The molecule has 4 aliphatic heterocycles. The first kappa shape index (κ1) is 79.6. The number of carbonyl (C=O) groups is 9. The Kier molecular flexibility index (Phi) is 32.0. The number of unbranched alkanes of at least 4 members (excludes halogenated alkanes) is 2. The summed E-state index contributed by atoms with van der Waals surface area (Å²) in [5, 5.41) is 16.5. The Morgan fingerprint density at radius 3 is 1.88 bits per heavy atom. The van der Waals surface area contributed by atoms with Crippen molar-refractivity contribution in [3.8, 4) is 11.4 Å². The number of likely N-dealkylation sites (tertiary alicyclic amines) is 1. The fraction of sp³-hybridized carbons (Fsp3) is 0.575. The summed E-state index contributed by atoms with van der Waals surface area (Å²) in [6, 6.07) is 11.2. The van der Waals surface area contributed by atoms with E-state index in [1.54, 1.807) is 35.8 Å². The van der Waals surface area contributed by atoms with Gasteiger partial charge < -0.3 is 83.8 Å². The molecule has 6 N–H and O–H groups in total. The van der Waals surface area contributed by atoms with E-state index in [1.807, 2.05) is 19.1 Å². The number of imide groups is 1. The molecule has 0 unspecified atom stereocenters. The minimum atomic E-state index is -1.11. The lowest BCUT2D eigenvalue weighted by Crippen LogP contribution is -2.52. The van der Waals surface area contributed by atoms with Gasteiger partial charge in [0.25, 0.3) is 17.4 Å². The first-order valence-electron chi connectivity index (χ1n) is 35.8. The molecule has 1 aliphatic carbocycles. The van der Waals surface area contributed by atoms with Gasteiger partial charge in [-0.25, -0.2) is 9.37 Å². The molecule has 104 heavy (non-hydrogen) atoms. The molecule has 5 aliphatic rings. The van der Waals surface area contributed by atoms with E-state index in [2.05, 4.69) is 36.8 Å². The molecule has 566 valence electrons. The second kappa shape index (κ2) is 41.9. The van der Waals surface area contributed by atoms with Gasteiger partial charge in [0.1, 0.15) is 31.8 Å². The van der Waals surface area contributed by atoms with Gasteiger partial charge in [0.15, 0.2) is 0 Å². The number of ether oxygens (including phenoxy) is 10. The normalized spacial score (nSPS) is 16.4. The predicted octanol–water partition coefficient (Wildman–Crippen LogP) is 1.78. The van der Waals surface area contributed by atoms with Crippen LogP contribution in [-0.2, 0) is 117 Å². The highest BCUT2D eigenvalue weighted by Gasteiger charge is 2.40. The molecule has 0 spiro atoms. The molecule has 31 heteroatoms. The summed E-state index contributed by atoms with van der Waals surface area (Å²) in [6.07, 6.45) is 8.05. The average Bonchev–Trinajstić information content (AvgIpc) is 1.38. The van der Waals surface area contributed by atoms with Gasteiger partial charge in [0, 0.05) is 74.2 Å². The number of benzene rings is 2. The van der Waals surface area contributed by atoms with Crippen LogP contribution in [0.2, 0.25) is 0 Å². The Labute approximate surface area is 602 Å². The smallest absolute Gasteiger partial charge is 0.313 e. The topological polar surface area (TPSA) is 359 Å². The van der Waals surface area contributed by atoms with Gasteiger partial charge in [0.05, 0.1) is 160 Å². The van der Waals surface area contributed by atoms with Crippen molar-refractivity contribution < 1.29 is 94.9 Å². The largest absolute Gasteiger partial charge is 0.460 e. The SMILES string of the molecule is CC[C@H]1C(=O)OCc2c1cc1n(c2=O)Cc2c-1nc1cc(F)c(C)c3c1c2[C@@H](N1CCC(OCNC(=O)CNC(=O)[C@H](Cc2ccccc2)NC(=O)CNC(=O)CNC(=O)COCCOCCOCCOCCOCCOCCOCCOCCNC(=O)CCCCCN2C(=O)C=CC2=O)CC1)CC3. The summed E-state index contributed by atoms with van der Waals surface area (Å²) in [5.74, 6) is -4.95. The fourth-order valence-corrected chi connectivity index (χ4v) is 13.1. The molecular formula is C73H97FN10O20.